The molecule has 0 aromatic carbocycles. The molecule has 0 saturated heterocycles. The third kappa shape index (κ3) is 126. The van der Waals surface area contributed by atoms with Crippen molar-refractivity contribution in [2.45, 2.75) is 0 Å². The van der Waals surface area contributed by atoms with Crippen molar-refractivity contribution in [1.29, 1.82) is 0 Å². The van der Waals surface area contributed by atoms with Gasteiger partial charge < -0.3 is 18.1 Å². The molecule has 6 radical (unpaired) electrons. The van der Waals surface area contributed by atoms with E-state index in [9.17, 15) is 0 Å². The first kappa shape index (κ1) is 22.5. The first-order chi connectivity index (χ1) is 4.83. The first-order valence-electron chi connectivity index (χ1n) is 1.42. The van der Waals surface area contributed by atoms with Crippen molar-refractivity contribution in [3.8, 4) is 0 Å². The van der Waals surface area contributed by atoms with E-state index < -0.39 is 19.3 Å². The summed E-state index contributed by atoms with van der Waals surface area (Å²) in [4.78, 5) is 0. The van der Waals surface area contributed by atoms with E-state index in [1.807, 2.05) is 0 Å². The van der Waals surface area contributed by atoms with Crippen LogP contribution in [0.4, 0.5) is 0 Å². The minimum atomic E-state index is -1.05. The molecule has 0 rings (SSSR count). The van der Waals surface area contributed by atoms with Crippen LogP contribution in [0, 0.1) is 0 Å². The number of hydrogen-bond donors (Lipinski definition) is 2. The van der Waals surface area contributed by atoms with E-state index in [4.69, 9.17) is 23.2 Å². The van der Waals surface area contributed by atoms with Gasteiger partial charge in [-0.3, -0.25) is 0 Å². The quantitative estimate of drug-likeness (QED) is 0.317. The molecule has 0 saturated carbocycles. The van der Waals surface area contributed by atoms with Crippen molar-refractivity contribution in [3.63, 3.8) is 0 Å². The summed E-state index contributed by atoms with van der Waals surface area (Å²) in [6.45, 7) is 0. The Balaban J connectivity index is -0.0000000339. The molecule has 0 aromatic heterocycles. The summed E-state index contributed by atoms with van der Waals surface area (Å²) >= 11 is 1.17. The van der Waals surface area contributed by atoms with Crippen LogP contribution in [0.5, 0.6) is 0 Å². The Labute approximate surface area is 85.3 Å². The van der Waals surface area contributed by atoms with E-state index in [1.165, 1.54) is 16.2 Å². The molecule has 0 spiro atoms. The van der Waals surface area contributed by atoms with Gasteiger partial charge in [0.05, 0.1) is 0 Å². The molecule has 0 fully saturated rings. The van der Waals surface area contributed by atoms with Gasteiger partial charge in [0.1, 0.15) is 0 Å². The summed E-state index contributed by atoms with van der Waals surface area (Å²) in [5, 5.41) is 14.1. The van der Waals surface area contributed by atoms with Gasteiger partial charge in [0, 0.05) is 17.4 Å². The molecule has 0 amide bonds. The Bertz CT molecular complexity index is 59.5. The molecular weight excluding hydrogens is 222 g/mol. The van der Waals surface area contributed by atoms with Gasteiger partial charge in [0.25, 0.3) is 0 Å². The predicted octanol–water partition coefficient (Wildman–Crippen LogP) is -2.00. The molecule has 0 aliphatic heterocycles. The van der Waals surface area contributed by atoms with Gasteiger partial charge in [-0.05, 0) is 0 Å². The Morgan fingerprint density at radius 2 is 1.09 bits per heavy atom. The SMILES string of the molecule is O=[Si]OO.O=[Si]OO.[Al].[O]=[Al]. The maximum atomic E-state index is 8.85. The zero-order valence-electron chi connectivity index (χ0n) is 5.09. The molecule has 11 heavy (non-hydrogen) atoms. The van der Waals surface area contributed by atoms with E-state index in [0.717, 1.165) is 0 Å². The van der Waals surface area contributed by atoms with Crippen LogP contribution in [0.3, 0.4) is 0 Å². The van der Waals surface area contributed by atoms with Crippen LogP contribution in [0.25, 0.3) is 0 Å². The Kier molecular flexibility index (Phi) is 96.9. The van der Waals surface area contributed by atoms with Crippen molar-refractivity contribution in [2.75, 3.05) is 0 Å². The van der Waals surface area contributed by atoms with Crippen LogP contribution in [-0.4, -0.2) is 63.4 Å². The Hall–Kier alpha value is 0.419. The molecule has 2 N–H and O–H groups in total. The van der Waals surface area contributed by atoms with Crippen LogP contribution in [0.15, 0.2) is 0 Å². The van der Waals surface area contributed by atoms with E-state index in [-0.39, 0.29) is 17.4 Å². The fraction of sp³-hybridized carbons (Fsp3) is 0. The molecule has 0 atom stereocenters. The van der Waals surface area contributed by atoms with Crippen LogP contribution < -0.4 is 0 Å². The van der Waals surface area contributed by atoms with Gasteiger partial charge in [-0.15, -0.1) is 0 Å². The molecule has 0 unspecified atom stereocenters. The van der Waals surface area contributed by atoms with Crippen LogP contribution in [0.2, 0.25) is 0 Å². The normalized spacial score (nSPS) is 4.09. The van der Waals surface area contributed by atoms with Crippen molar-refractivity contribution in [1.82, 2.24) is 0 Å². The van der Waals surface area contributed by atoms with E-state index in [2.05, 4.69) is 9.15 Å². The first-order valence-corrected chi connectivity index (χ1v) is 3.52. The van der Waals surface area contributed by atoms with Gasteiger partial charge in [-0.2, -0.15) is 0 Å². The van der Waals surface area contributed by atoms with Crippen molar-refractivity contribution in [2.24, 2.45) is 0 Å². The van der Waals surface area contributed by atoms with Crippen LogP contribution in [-0.2, 0) is 21.9 Å². The molecule has 11 heteroatoms. The molecule has 0 aromatic rings. The van der Waals surface area contributed by atoms with Crippen molar-refractivity contribution < 1.29 is 32.4 Å². The fourth-order valence-corrected chi connectivity index (χ4v) is 0. The third-order valence-corrected chi connectivity index (χ3v) is 0.224. The second kappa shape index (κ2) is 47.3. The summed E-state index contributed by atoms with van der Waals surface area (Å²) in [5.41, 5.74) is 0. The summed E-state index contributed by atoms with van der Waals surface area (Å²) in [7, 11) is -2.11. The van der Waals surface area contributed by atoms with Crippen LogP contribution >= 0.6 is 0 Å². The van der Waals surface area contributed by atoms with Gasteiger partial charge in [-0.25, -0.2) is 10.5 Å². The zero-order valence-corrected chi connectivity index (χ0v) is 9.40. The second-order valence-electron chi connectivity index (χ2n) is 0.349. The molecule has 58 valence electrons. The van der Waals surface area contributed by atoms with E-state index in [0.29, 0.717) is 0 Å². The predicted molar refractivity (Wildman–Crippen MR) is 32.5 cm³/mol. The number of hydrogen-bond acceptors (Lipinski definition) is 7. The topological polar surface area (TPSA) is 110 Å². The number of rotatable bonds is 2. The molecule has 0 aliphatic carbocycles. The second-order valence-corrected chi connectivity index (χ2v) is 1.05. The molecular formula is H2Al2O7Si2. The zero-order chi connectivity index (χ0) is 8.83. The van der Waals surface area contributed by atoms with E-state index >= 15 is 0 Å². The Morgan fingerprint density at radius 1 is 1.00 bits per heavy atom. The summed E-state index contributed by atoms with van der Waals surface area (Å²) in [5.74, 6) is 0. The maximum absolute atomic E-state index is 8.85. The van der Waals surface area contributed by atoms with Crippen molar-refractivity contribution in [3.05, 3.63) is 0 Å². The third-order valence-electron chi connectivity index (χ3n) is 0.0745. The summed E-state index contributed by atoms with van der Waals surface area (Å²) in [6, 6.07) is 0. The Morgan fingerprint density at radius 3 is 1.09 bits per heavy atom. The molecule has 7 nitrogen and oxygen atoms in total. The minimum absolute atomic E-state index is 0. The monoisotopic (exact) mass is 224 g/mol. The average Bonchev–Trinajstić information content (AvgIpc) is 2.08. The average molecular weight is 224 g/mol. The van der Waals surface area contributed by atoms with E-state index in [1.54, 1.807) is 0 Å². The summed E-state index contributed by atoms with van der Waals surface area (Å²) in [6.07, 6.45) is 0. The molecule has 0 heterocycles. The standard InChI is InChI=1S/2Al.2HO3Si.O/c;;2*1-3-4-2;/h;;2*1H;. The van der Waals surface area contributed by atoms with Gasteiger partial charge >= 0.3 is 39.3 Å². The molecule has 0 aliphatic rings. The van der Waals surface area contributed by atoms with Gasteiger partial charge in [0.2, 0.25) is 0 Å². The van der Waals surface area contributed by atoms with Gasteiger partial charge in [0.15, 0.2) is 0 Å². The van der Waals surface area contributed by atoms with Crippen molar-refractivity contribution >= 4 is 52.9 Å². The molecule has 0 bridgehead atoms. The fourth-order valence-electron chi connectivity index (χ4n) is 0. The summed E-state index contributed by atoms with van der Waals surface area (Å²) < 4.78 is 31.9. The van der Waals surface area contributed by atoms with Crippen LogP contribution in [0.1, 0.15) is 0 Å². The van der Waals surface area contributed by atoms with Gasteiger partial charge in [-0.1, -0.05) is 0 Å².